The van der Waals surface area contributed by atoms with Crippen molar-refractivity contribution >= 4 is 0 Å². The second-order valence-corrected chi connectivity index (χ2v) is 7.49. The van der Waals surface area contributed by atoms with Crippen molar-refractivity contribution in [3.05, 3.63) is 0 Å². The van der Waals surface area contributed by atoms with E-state index in [1.54, 1.807) is 0 Å². The molecular weight excluding hydrogens is 256 g/mol. The second-order valence-electron chi connectivity index (χ2n) is 7.49. The van der Waals surface area contributed by atoms with Crippen LogP contribution in [0, 0.1) is 17.8 Å². The molecule has 4 nitrogen and oxygen atoms in total. The van der Waals surface area contributed by atoms with Crippen molar-refractivity contribution in [1.29, 1.82) is 0 Å². The molecule has 4 fully saturated rings. The average molecular weight is 282 g/mol. The Labute approximate surface area is 121 Å². The van der Waals surface area contributed by atoms with Gasteiger partial charge in [0.1, 0.15) is 0 Å². The van der Waals surface area contributed by atoms with Crippen LogP contribution in [0.5, 0.6) is 0 Å². The Kier molecular flexibility index (Phi) is 3.15. The van der Waals surface area contributed by atoms with Gasteiger partial charge in [0, 0.05) is 18.8 Å². The first kappa shape index (κ1) is 13.5. The van der Waals surface area contributed by atoms with Crippen molar-refractivity contribution in [3.63, 3.8) is 0 Å². The Morgan fingerprint density at radius 3 is 2.60 bits per heavy atom. The van der Waals surface area contributed by atoms with Crippen molar-refractivity contribution in [2.45, 2.75) is 76.5 Å². The molecule has 2 spiro atoms. The molecule has 0 aromatic carbocycles. The molecule has 2 heterocycles. The summed E-state index contributed by atoms with van der Waals surface area (Å²) in [7, 11) is 0. The first-order valence-corrected chi connectivity index (χ1v) is 8.30. The molecule has 2 unspecified atom stereocenters. The van der Waals surface area contributed by atoms with Gasteiger partial charge >= 0.3 is 0 Å². The van der Waals surface area contributed by atoms with E-state index in [0.29, 0.717) is 17.8 Å². The Morgan fingerprint density at radius 2 is 1.80 bits per heavy atom. The third kappa shape index (κ3) is 1.88. The van der Waals surface area contributed by atoms with Crippen LogP contribution in [0.4, 0.5) is 0 Å². The highest BCUT2D eigenvalue weighted by Gasteiger charge is 2.62. The second kappa shape index (κ2) is 4.67. The smallest absolute Gasteiger partial charge is 0.204 e. The minimum absolute atomic E-state index is 0.238. The van der Waals surface area contributed by atoms with Crippen LogP contribution in [0.25, 0.3) is 0 Å². The van der Waals surface area contributed by atoms with E-state index in [2.05, 4.69) is 13.8 Å². The minimum Gasteiger partial charge on any atom is -0.349 e. The molecule has 20 heavy (non-hydrogen) atoms. The minimum atomic E-state index is -0.526. The van der Waals surface area contributed by atoms with Crippen LogP contribution in [0.2, 0.25) is 0 Å². The van der Waals surface area contributed by atoms with Crippen molar-refractivity contribution in [3.8, 4) is 0 Å². The van der Waals surface area contributed by atoms with Crippen LogP contribution in [-0.2, 0) is 19.2 Å². The van der Waals surface area contributed by atoms with Gasteiger partial charge in [-0.1, -0.05) is 20.3 Å². The molecule has 4 rings (SSSR count). The van der Waals surface area contributed by atoms with E-state index in [9.17, 15) is 0 Å². The molecule has 5 atom stereocenters. The van der Waals surface area contributed by atoms with E-state index in [0.717, 1.165) is 38.7 Å². The zero-order chi connectivity index (χ0) is 13.8. The predicted octanol–water partition coefficient (Wildman–Crippen LogP) is 3.40. The monoisotopic (exact) mass is 282 g/mol. The zero-order valence-electron chi connectivity index (χ0n) is 12.6. The molecule has 0 bridgehead atoms. The van der Waals surface area contributed by atoms with Gasteiger partial charge in [-0.15, -0.1) is 0 Å². The Balaban J connectivity index is 1.62. The van der Waals surface area contributed by atoms with Gasteiger partial charge < -0.3 is 9.47 Å². The third-order valence-corrected chi connectivity index (χ3v) is 5.90. The van der Waals surface area contributed by atoms with Crippen LogP contribution < -0.4 is 0 Å². The number of hydrogen-bond donors (Lipinski definition) is 0. The lowest BCUT2D eigenvalue weighted by molar-refractivity contribution is -0.571. The molecule has 4 aliphatic rings. The summed E-state index contributed by atoms with van der Waals surface area (Å²) in [6.07, 6.45) is 7.39. The highest BCUT2D eigenvalue weighted by Crippen LogP contribution is 2.54. The maximum atomic E-state index is 6.33. The molecule has 0 radical (unpaired) electrons. The van der Waals surface area contributed by atoms with Gasteiger partial charge in [0.05, 0.1) is 6.61 Å². The number of hydrogen-bond acceptors (Lipinski definition) is 4. The van der Waals surface area contributed by atoms with E-state index >= 15 is 0 Å². The molecule has 0 aromatic rings. The fourth-order valence-electron chi connectivity index (χ4n) is 4.79. The maximum Gasteiger partial charge on any atom is 0.204 e. The lowest BCUT2D eigenvalue weighted by atomic mass is 9.65. The molecule has 0 N–H and O–H groups in total. The molecule has 2 aliphatic carbocycles. The van der Waals surface area contributed by atoms with E-state index in [4.69, 9.17) is 19.2 Å². The lowest BCUT2D eigenvalue weighted by Gasteiger charge is -2.57. The third-order valence-electron chi connectivity index (χ3n) is 5.90. The highest BCUT2D eigenvalue weighted by molar-refractivity contribution is 5.02. The molecule has 2 saturated heterocycles. The van der Waals surface area contributed by atoms with Gasteiger partial charge in [-0.3, -0.25) is 0 Å². The molecule has 2 saturated carbocycles. The largest absolute Gasteiger partial charge is 0.349 e. The molecule has 0 aromatic heterocycles. The standard InChI is InChI=1S/C16H26O4/c1-11-5-6-13-12(2)10-17-14-16(13,9-11)20-19-15(18-14)7-3-4-8-15/h11-14H,3-10H2,1-2H3/t11-,12+,13?,14?,16-/m1/s1. The number of ether oxygens (including phenoxy) is 2. The maximum absolute atomic E-state index is 6.33. The van der Waals surface area contributed by atoms with Crippen LogP contribution in [0.3, 0.4) is 0 Å². The SMILES string of the molecule is C[C@@H]1CCC2[C@@H](C)COC3OC4(CCCC4)OO[C@@]32C1. The summed E-state index contributed by atoms with van der Waals surface area (Å²) in [6, 6.07) is 0. The van der Waals surface area contributed by atoms with Gasteiger partial charge in [-0.2, -0.15) is 0 Å². The van der Waals surface area contributed by atoms with Crippen molar-refractivity contribution in [1.82, 2.24) is 0 Å². The first-order valence-electron chi connectivity index (χ1n) is 8.30. The summed E-state index contributed by atoms with van der Waals surface area (Å²) in [5, 5.41) is 0. The quantitative estimate of drug-likeness (QED) is 0.638. The summed E-state index contributed by atoms with van der Waals surface area (Å²) in [5.74, 6) is 1.13. The van der Waals surface area contributed by atoms with Crippen LogP contribution in [0.1, 0.15) is 58.8 Å². The lowest BCUT2D eigenvalue weighted by Crippen LogP contribution is -2.67. The topological polar surface area (TPSA) is 36.9 Å². The van der Waals surface area contributed by atoms with E-state index in [1.165, 1.54) is 12.8 Å². The average Bonchev–Trinajstić information content (AvgIpc) is 2.88. The fourth-order valence-corrected chi connectivity index (χ4v) is 4.79. The first-order chi connectivity index (χ1) is 9.64. The molecular formula is C16H26O4. The van der Waals surface area contributed by atoms with Gasteiger partial charge in [-0.05, 0) is 37.5 Å². The Hall–Kier alpha value is -0.160. The van der Waals surface area contributed by atoms with Gasteiger partial charge in [-0.25, -0.2) is 9.78 Å². The summed E-state index contributed by atoms with van der Waals surface area (Å²) >= 11 is 0. The van der Waals surface area contributed by atoms with Gasteiger partial charge in [0.2, 0.25) is 5.79 Å². The normalized spacial score (nSPS) is 50.7. The Morgan fingerprint density at radius 1 is 1.00 bits per heavy atom. The molecule has 0 amide bonds. The summed E-state index contributed by atoms with van der Waals surface area (Å²) in [5.41, 5.74) is -0.372. The molecule has 114 valence electrons. The number of rotatable bonds is 0. The fraction of sp³-hybridized carbons (Fsp3) is 1.00. The summed E-state index contributed by atoms with van der Waals surface area (Å²) < 4.78 is 12.4. The summed E-state index contributed by atoms with van der Waals surface area (Å²) in [6.45, 7) is 5.34. The Bertz CT molecular complexity index is 379. The summed E-state index contributed by atoms with van der Waals surface area (Å²) in [4.78, 5) is 12.0. The zero-order valence-corrected chi connectivity index (χ0v) is 12.6. The highest BCUT2D eigenvalue weighted by atomic mass is 17.3. The van der Waals surface area contributed by atoms with Crippen LogP contribution in [-0.4, -0.2) is 24.3 Å². The van der Waals surface area contributed by atoms with Crippen molar-refractivity contribution in [2.75, 3.05) is 6.61 Å². The van der Waals surface area contributed by atoms with Gasteiger partial charge in [0.15, 0.2) is 11.9 Å². The van der Waals surface area contributed by atoms with Crippen LogP contribution in [0.15, 0.2) is 0 Å². The molecule has 2 aliphatic heterocycles. The van der Waals surface area contributed by atoms with E-state index < -0.39 is 5.79 Å². The van der Waals surface area contributed by atoms with E-state index in [1.807, 2.05) is 0 Å². The van der Waals surface area contributed by atoms with Crippen LogP contribution >= 0.6 is 0 Å². The van der Waals surface area contributed by atoms with Crippen molar-refractivity contribution in [2.24, 2.45) is 17.8 Å². The predicted molar refractivity (Wildman–Crippen MR) is 72.6 cm³/mol. The van der Waals surface area contributed by atoms with Gasteiger partial charge in [0.25, 0.3) is 0 Å². The van der Waals surface area contributed by atoms with Crippen molar-refractivity contribution < 1.29 is 19.2 Å². The molecule has 4 heteroatoms. The van der Waals surface area contributed by atoms with E-state index in [-0.39, 0.29) is 11.9 Å².